The Bertz CT molecular complexity index is 1440. The summed E-state index contributed by atoms with van der Waals surface area (Å²) >= 11 is 0. The van der Waals surface area contributed by atoms with E-state index < -0.39 is 10.0 Å². The minimum Gasteiger partial charge on any atom is -0.493 e. The van der Waals surface area contributed by atoms with Gasteiger partial charge in [0.05, 0.1) is 26.2 Å². The van der Waals surface area contributed by atoms with Crippen LogP contribution in [0.1, 0.15) is 18.9 Å². The smallest absolute Gasteiger partial charge is 0.243 e. The fraction of sp³-hybridized carbons (Fsp3) is 0.500. The van der Waals surface area contributed by atoms with E-state index in [2.05, 4.69) is 14.8 Å². The van der Waals surface area contributed by atoms with E-state index in [4.69, 9.17) is 14.2 Å². The molecule has 2 atom stereocenters. The number of ether oxygens (including phenoxy) is 3. The molecule has 13 heteroatoms. The molecule has 0 unspecified atom stereocenters. The van der Waals surface area contributed by atoms with Gasteiger partial charge < -0.3 is 19.1 Å². The third-order valence-electron chi connectivity index (χ3n) is 8.26. The highest BCUT2D eigenvalue weighted by atomic mass is 35.5. The number of methoxy groups -OCH3 is 3. The molecule has 0 amide bonds. The second kappa shape index (κ2) is 16.3. The van der Waals surface area contributed by atoms with Crippen molar-refractivity contribution in [2.75, 3.05) is 67.1 Å². The molecule has 1 aliphatic heterocycles. The molecule has 9 nitrogen and oxygen atoms in total. The van der Waals surface area contributed by atoms with Crippen molar-refractivity contribution in [2.45, 2.75) is 24.8 Å². The van der Waals surface area contributed by atoms with Crippen LogP contribution in [0.5, 0.6) is 17.2 Å². The van der Waals surface area contributed by atoms with Crippen molar-refractivity contribution in [1.29, 1.82) is 0 Å². The highest BCUT2D eigenvalue weighted by Crippen LogP contribution is 2.42. The Balaban J connectivity index is 0.00000215. The monoisotopic (exact) mass is 676 g/mol. The van der Waals surface area contributed by atoms with Gasteiger partial charge in [0, 0.05) is 81.1 Å². The summed E-state index contributed by atoms with van der Waals surface area (Å²) in [5.74, 6) is 2.96. The number of benzene rings is 2. The molecule has 1 saturated heterocycles. The van der Waals surface area contributed by atoms with Crippen LogP contribution < -0.4 is 14.2 Å². The fourth-order valence-electron chi connectivity index (χ4n) is 5.86. The molecular weight excluding hydrogens is 635 g/mol. The van der Waals surface area contributed by atoms with Gasteiger partial charge in [-0.15, -0.1) is 37.2 Å². The molecule has 0 spiro atoms. The molecule has 240 valence electrons. The SMILES string of the molecule is CCN(C[C@@H]1C[C@@H]1CN1CCN(Cc2ccc(OC)c(OC)c2OC)CC1)S(=O)(=O)c1cccc2cnccc12.Cl.Cl.Cl. The molecular formula is C30H43Cl3N4O5S. The number of hydrogen-bond donors (Lipinski definition) is 0. The molecule has 2 aromatic carbocycles. The molecule has 1 aromatic heterocycles. The summed E-state index contributed by atoms with van der Waals surface area (Å²) in [6.07, 6.45) is 4.44. The fourth-order valence-corrected chi connectivity index (χ4v) is 7.58. The van der Waals surface area contributed by atoms with Gasteiger partial charge in [-0.25, -0.2) is 8.42 Å². The van der Waals surface area contributed by atoms with E-state index in [1.807, 2.05) is 25.1 Å². The average molecular weight is 678 g/mol. The van der Waals surface area contributed by atoms with E-state index in [0.717, 1.165) is 67.8 Å². The maximum absolute atomic E-state index is 13.6. The number of hydrogen-bond acceptors (Lipinski definition) is 8. The zero-order valence-corrected chi connectivity index (χ0v) is 28.4. The van der Waals surface area contributed by atoms with Crippen LogP contribution in [0, 0.1) is 11.8 Å². The highest BCUT2D eigenvalue weighted by Gasteiger charge is 2.41. The molecule has 43 heavy (non-hydrogen) atoms. The van der Waals surface area contributed by atoms with Crippen molar-refractivity contribution in [1.82, 2.24) is 19.1 Å². The van der Waals surface area contributed by atoms with Crippen molar-refractivity contribution in [2.24, 2.45) is 11.8 Å². The van der Waals surface area contributed by atoms with E-state index >= 15 is 0 Å². The Kier molecular flexibility index (Phi) is 14.1. The summed E-state index contributed by atoms with van der Waals surface area (Å²) in [6, 6.07) is 11.2. The molecule has 2 heterocycles. The number of halogens is 3. The number of fused-ring (bicyclic) bond motifs is 1. The lowest BCUT2D eigenvalue weighted by Gasteiger charge is -2.35. The van der Waals surface area contributed by atoms with Crippen molar-refractivity contribution in [3.05, 3.63) is 54.4 Å². The Morgan fingerprint density at radius 1 is 0.884 bits per heavy atom. The summed E-state index contributed by atoms with van der Waals surface area (Å²) in [5, 5.41) is 1.57. The van der Waals surface area contributed by atoms with Crippen molar-refractivity contribution < 1.29 is 22.6 Å². The van der Waals surface area contributed by atoms with Gasteiger partial charge in [-0.2, -0.15) is 4.31 Å². The van der Waals surface area contributed by atoms with Crippen molar-refractivity contribution in [3.8, 4) is 17.2 Å². The van der Waals surface area contributed by atoms with Crippen molar-refractivity contribution in [3.63, 3.8) is 0 Å². The third-order valence-corrected chi connectivity index (χ3v) is 10.3. The number of aromatic nitrogens is 1. The number of piperazine rings is 1. The average Bonchev–Trinajstić information content (AvgIpc) is 3.72. The lowest BCUT2D eigenvalue weighted by molar-refractivity contribution is 0.120. The van der Waals surface area contributed by atoms with E-state index in [9.17, 15) is 8.42 Å². The van der Waals surface area contributed by atoms with E-state index in [0.29, 0.717) is 41.3 Å². The maximum Gasteiger partial charge on any atom is 0.243 e. The molecule has 2 aliphatic rings. The minimum atomic E-state index is -3.58. The molecule has 1 aliphatic carbocycles. The van der Waals surface area contributed by atoms with Gasteiger partial charge in [-0.1, -0.05) is 25.1 Å². The predicted molar refractivity (Wildman–Crippen MR) is 177 cm³/mol. The maximum atomic E-state index is 13.6. The Morgan fingerprint density at radius 2 is 1.58 bits per heavy atom. The number of sulfonamides is 1. The van der Waals surface area contributed by atoms with Gasteiger partial charge >= 0.3 is 0 Å². The molecule has 2 fully saturated rings. The number of rotatable bonds is 12. The molecule has 0 radical (unpaired) electrons. The first kappa shape index (κ1) is 37.1. The number of pyridine rings is 1. The quantitative estimate of drug-likeness (QED) is 0.265. The first-order chi connectivity index (χ1) is 19.4. The van der Waals surface area contributed by atoms with Crippen LogP contribution in [0.15, 0.2) is 53.7 Å². The van der Waals surface area contributed by atoms with Crippen LogP contribution in [0.25, 0.3) is 10.8 Å². The first-order valence-corrected chi connectivity index (χ1v) is 15.4. The lowest BCUT2D eigenvalue weighted by Crippen LogP contribution is -2.46. The summed E-state index contributed by atoms with van der Waals surface area (Å²) in [6.45, 7) is 8.72. The summed E-state index contributed by atoms with van der Waals surface area (Å²) in [4.78, 5) is 9.47. The number of nitrogens with zero attached hydrogens (tertiary/aromatic N) is 4. The van der Waals surface area contributed by atoms with Gasteiger partial charge in [-0.3, -0.25) is 9.88 Å². The van der Waals surface area contributed by atoms with Crippen LogP contribution in [0.3, 0.4) is 0 Å². The largest absolute Gasteiger partial charge is 0.493 e. The second-order valence-electron chi connectivity index (χ2n) is 10.6. The zero-order valence-electron chi connectivity index (χ0n) is 25.1. The molecule has 3 aromatic rings. The topological polar surface area (TPSA) is 84.4 Å². The van der Waals surface area contributed by atoms with Crippen LogP contribution in [-0.4, -0.2) is 94.6 Å². The van der Waals surface area contributed by atoms with Gasteiger partial charge in [0.25, 0.3) is 0 Å². The Morgan fingerprint density at radius 3 is 2.23 bits per heavy atom. The van der Waals surface area contributed by atoms with Crippen LogP contribution in [-0.2, 0) is 16.6 Å². The summed E-state index contributed by atoms with van der Waals surface area (Å²) in [5.41, 5.74) is 1.08. The standard InChI is InChI=1S/C30H40N4O5S.3ClH/c1-5-34(40(35,36)28-8-6-7-22-18-31-12-11-26(22)28)21-25-17-24(25)20-33-15-13-32(14-16-33)19-23-9-10-27(37-2)30(39-4)29(23)38-3;;;/h6-12,18,24-25H,5,13-17,19-21H2,1-4H3;3*1H/t24-,25+;;;/m1.../s1. The minimum absolute atomic E-state index is 0. The van der Waals surface area contributed by atoms with E-state index in [1.165, 1.54) is 0 Å². The van der Waals surface area contributed by atoms with E-state index in [1.54, 1.807) is 56.2 Å². The van der Waals surface area contributed by atoms with Crippen LogP contribution in [0.2, 0.25) is 0 Å². The lowest BCUT2D eigenvalue weighted by atomic mass is 10.1. The zero-order chi connectivity index (χ0) is 28.3. The van der Waals surface area contributed by atoms with Crippen LogP contribution in [0.4, 0.5) is 0 Å². The highest BCUT2D eigenvalue weighted by molar-refractivity contribution is 7.89. The van der Waals surface area contributed by atoms with Gasteiger partial charge in [-0.05, 0) is 36.5 Å². The molecule has 0 bridgehead atoms. The van der Waals surface area contributed by atoms with E-state index in [-0.39, 0.29) is 37.2 Å². The summed E-state index contributed by atoms with van der Waals surface area (Å²) < 4.78 is 45.5. The van der Waals surface area contributed by atoms with Gasteiger partial charge in [0.1, 0.15) is 0 Å². The third kappa shape index (κ3) is 8.16. The predicted octanol–water partition coefficient (Wildman–Crippen LogP) is 4.99. The van der Waals surface area contributed by atoms with Crippen LogP contribution >= 0.6 is 37.2 Å². The molecule has 0 N–H and O–H groups in total. The normalized spacial score (nSPS) is 18.7. The van der Waals surface area contributed by atoms with Crippen molar-refractivity contribution >= 4 is 58.0 Å². The Hall–Kier alpha value is -2.05. The van der Waals surface area contributed by atoms with Gasteiger partial charge in [0.2, 0.25) is 15.8 Å². The van der Waals surface area contributed by atoms with Gasteiger partial charge in [0.15, 0.2) is 11.5 Å². The molecule has 5 rings (SSSR count). The Labute approximate surface area is 274 Å². The first-order valence-electron chi connectivity index (χ1n) is 13.9. The summed E-state index contributed by atoms with van der Waals surface area (Å²) in [7, 11) is 1.34. The second-order valence-corrected chi connectivity index (χ2v) is 12.5. The molecule has 1 saturated carbocycles.